The van der Waals surface area contributed by atoms with Crippen molar-refractivity contribution >= 4 is 28.5 Å². The van der Waals surface area contributed by atoms with Crippen LogP contribution in [0.25, 0.3) is 11.0 Å². The molecule has 4 N–H and O–H groups in total. The number of hydrogen-bond donors (Lipinski definition) is 4. The number of carbonyl (C=O) groups is 2. The molecule has 10 nitrogen and oxygen atoms in total. The van der Waals surface area contributed by atoms with Crippen molar-refractivity contribution in [1.29, 1.82) is 0 Å². The van der Waals surface area contributed by atoms with Crippen molar-refractivity contribution in [1.82, 2.24) is 14.5 Å². The average Bonchev–Trinajstić information content (AvgIpc) is 3.00. The molecule has 0 aromatic carbocycles. The Balaban J connectivity index is 1.92. The van der Waals surface area contributed by atoms with Gasteiger partial charge in [-0.05, 0) is 6.92 Å². The van der Waals surface area contributed by atoms with Crippen LogP contribution >= 0.6 is 0 Å². The Labute approximate surface area is 141 Å². The van der Waals surface area contributed by atoms with Gasteiger partial charge in [0.05, 0.1) is 18.4 Å². The highest BCUT2D eigenvalue weighted by Crippen LogP contribution is 2.41. The summed E-state index contributed by atoms with van der Waals surface area (Å²) in [6.07, 6.45) is -1.08. The molecule has 4 heterocycles. The second-order valence-corrected chi connectivity index (χ2v) is 6.40. The zero-order valence-electron chi connectivity index (χ0n) is 13.2. The van der Waals surface area contributed by atoms with Crippen molar-refractivity contribution in [2.75, 3.05) is 11.9 Å². The average molecular weight is 348 g/mol. The second-order valence-electron chi connectivity index (χ2n) is 6.40. The predicted molar refractivity (Wildman–Crippen MR) is 82.7 cm³/mol. The molecule has 1 unspecified atom stereocenters. The fourth-order valence-electron chi connectivity index (χ4n) is 3.38. The summed E-state index contributed by atoms with van der Waals surface area (Å²) in [5, 5.41) is 33.1. The summed E-state index contributed by atoms with van der Waals surface area (Å²) >= 11 is 0. The molecule has 1 saturated heterocycles. The van der Waals surface area contributed by atoms with E-state index in [9.17, 15) is 24.9 Å². The maximum atomic E-state index is 12.4. The molecule has 2 aromatic heterocycles. The van der Waals surface area contributed by atoms with Gasteiger partial charge in [0.2, 0.25) is 5.91 Å². The molecule has 25 heavy (non-hydrogen) atoms. The molecule has 1 fully saturated rings. The Morgan fingerprint density at radius 2 is 2.20 bits per heavy atom. The van der Waals surface area contributed by atoms with Gasteiger partial charge in [-0.1, -0.05) is 0 Å². The highest BCUT2D eigenvalue weighted by atomic mass is 16.6. The molecule has 0 radical (unpaired) electrons. The van der Waals surface area contributed by atoms with Gasteiger partial charge in [-0.2, -0.15) is 0 Å². The number of ether oxygens (including phenoxy) is 1. The molecule has 0 bridgehead atoms. The molecule has 0 aliphatic carbocycles. The number of ketones is 1. The third kappa shape index (κ3) is 2.19. The van der Waals surface area contributed by atoms with E-state index in [0.29, 0.717) is 5.39 Å². The van der Waals surface area contributed by atoms with Gasteiger partial charge in [0, 0.05) is 11.8 Å². The lowest BCUT2D eigenvalue weighted by atomic mass is 9.96. The van der Waals surface area contributed by atoms with E-state index in [1.807, 2.05) is 0 Å². The predicted octanol–water partition coefficient (Wildman–Crippen LogP) is -1.04. The smallest absolute Gasteiger partial charge is 0.233 e. The number of aliphatic hydroxyl groups is 3. The van der Waals surface area contributed by atoms with E-state index in [1.54, 1.807) is 0 Å². The molecule has 2 aromatic rings. The van der Waals surface area contributed by atoms with Crippen LogP contribution in [0, 0.1) is 0 Å². The van der Waals surface area contributed by atoms with E-state index in [0.717, 1.165) is 0 Å². The molecule has 132 valence electrons. The summed E-state index contributed by atoms with van der Waals surface area (Å²) in [6.45, 7) is 0.899. The van der Waals surface area contributed by atoms with E-state index in [4.69, 9.17) is 4.74 Å². The summed E-state index contributed by atoms with van der Waals surface area (Å²) < 4.78 is 7.01. The standard InChI is InChI=1S/C15H16N4O6/c1-15(24)11(23)8(4-20)25-14(15)19-3-6-7(21)2-9(22)18-12-10(6)13(19)17-5-16-12/h3,5,8,11,14,20,23-24H,2,4H2,1H3,(H,16,17,18,22)/t8-,11-,14?,15+/m1/s1. The molecule has 0 saturated carbocycles. The van der Waals surface area contributed by atoms with Crippen molar-refractivity contribution in [2.24, 2.45) is 0 Å². The summed E-state index contributed by atoms with van der Waals surface area (Å²) in [4.78, 5) is 32.2. The Bertz CT molecular complexity index is 892. The van der Waals surface area contributed by atoms with Crippen LogP contribution in [0.5, 0.6) is 0 Å². The van der Waals surface area contributed by atoms with Crippen molar-refractivity contribution in [3.63, 3.8) is 0 Å². The molecule has 2 aliphatic heterocycles. The molecule has 2 aliphatic rings. The van der Waals surface area contributed by atoms with E-state index in [-0.39, 0.29) is 23.4 Å². The summed E-state index contributed by atoms with van der Waals surface area (Å²) in [5.74, 6) is -0.675. The first kappa shape index (κ1) is 16.1. The first-order valence-electron chi connectivity index (χ1n) is 7.70. The van der Waals surface area contributed by atoms with Gasteiger partial charge in [-0.25, -0.2) is 9.97 Å². The third-order valence-electron chi connectivity index (χ3n) is 4.68. The van der Waals surface area contributed by atoms with Crippen molar-refractivity contribution < 1.29 is 29.6 Å². The number of aliphatic hydroxyl groups excluding tert-OH is 2. The van der Waals surface area contributed by atoms with Crippen LogP contribution in [0.2, 0.25) is 0 Å². The number of Topliss-reactive ketones (excluding diaryl/α,β-unsaturated/α-hetero) is 1. The van der Waals surface area contributed by atoms with Crippen LogP contribution in [-0.4, -0.2) is 66.0 Å². The molecule has 0 spiro atoms. The molecule has 4 atom stereocenters. The number of anilines is 1. The van der Waals surface area contributed by atoms with Crippen LogP contribution in [-0.2, 0) is 9.53 Å². The SMILES string of the molecule is C[C@@]1(O)C(n2cc3c4c(ncnc42)NC(=O)CC3=O)O[C@H](CO)[C@H]1O. The van der Waals surface area contributed by atoms with Crippen molar-refractivity contribution in [2.45, 2.75) is 37.4 Å². The number of hydrogen-bond acceptors (Lipinski definition) is 8. The van der Waals surface area contributed by atoms with Gasteiger partial charge >= 0.3 is 0 Å². The van der Waals surface area contributed by atoms with Gasteiger partial charge in [0.15, 0.2) is 12.0 Å². The van der Waals surface area contributed by atoms with Crippen molar-refractivity contribution in [3.05, 3.63) is 18.1 Å². The van der Waals surface area contributed by atoms with E-state index in [2.05, 4.69) is 15.3 Å². The maximum absolute atomic E-state index is 12.4. The number of rotatable bonds is 2. The lowest BCUT2D eigenvalue weighted by molar-refractivity contribution is -0.115. The zero-order valence-corrected chi connectivity index (χ0v) is 13.2. The minimum atomic E-state index is -1.72. The first-order chi connectivity index (χ1) is 11.8. The monoisotopic (exact) mass is 348 g/mol. The lowest BCUT2D eigenvalue weighted by Crippen LogP contribution is -2.44. The van der Waals surface area contributed by atoms with E-state index >= 15 is 0 Å². The lowest BCUT2D eigenvalue weighted by Gasteiger charge is -2.27. The Hall–Kier alpha value is -2.40. The summed E-state index contributed by atoms with van der Waals surface area (Å²) in [6, 6.07) is 0. The maximum Gasteiger partial charge on any atom is 0.233 e. The van der Waals surface area contributed by atoms with E-state index in [1.165, 1.54) is 24.0 Å². The number of nitrogens with zero attached hydrogens (tertiary/aromatic N) is 3. The first-order valence-corrected chi connectivity index (χ1v) is 7.70. The van der Waals surface area contributed by atoms with Crippen LogP contribution in [0.15, 0.2) is 12.5 Å². The van der Waals surface area contributed by atoms with Gasteiger partial charge in [0.25, 0.3) is 0 Å². The molecule has 10 heteroatoms. The van der Waals surface area contributed by atoms with E-state index < -0.39 is 42.3 Å². The minimum absolute atomic E-state index is 0.200. The number of aromatic nitrogens is 3. The number of nitrogens with one attached hydrogen (secondary N) is 1. The van der Waals surface area contributed by atoms with Crippen LogP contribution in [0.4, 0.5) is 5.82 Å². The molecular weight excluding hydrogens is 332 g/mol. The minimum Gasteiger partial charge on any atom is -0.394 e. The zero-order chi connectivity index (χ0) is 17.9. The Morgan fingerprint density at radius 1 is 1.44 bits per heavy atom. The largest absolute Gasteiger partial charge is 0.394 e. The van der Waals surface area contributed by atoms with Gasteiger partial charge in [-0.15, -0.1) is 0 Å². The van der Waals surface area contributed by atoms with Crippen LogP contribution in [0.3, 0.4) is 0 Å². The topological polar surface area (TPSA) is 147 Å². The van der Waals surface area contributed by atoms with Crippen LogP contribution in [0.1, 0.15) is 29.9 Å². The highest BCUT2D eigenvalue weighted by molar-refractivity contribution is 6.21. The van der Waals surface area contributed by atoms with Gasteiger partial charge in [-0.3, -0.25) is 9.59 Å². The fraction of sp³-hybridized carbons (Fsp3) is 0.467. The number of carbonyl (C=O) groups excluding carboxylic acids is 2. The van der Waals surface area contributed by atoms with Gasteiger partial charge in [0.1, 0.15) is 35.6 Å². The number of amides is 1. The van der Waals surface area contributed by atoms with Crippen molar-refractivity contribution in [3.8, 4) is 0 Å². The molecule has 1 amide bonds. The third-order valence-corrected chi connectivity index (χ3v) is 4.68. The normalized spacial score (nSPS) is 32.1. The highest BCUT2D eigenvalue weighted by Gasteiger charge is 2.53. The molecular formula is C15H16N4O6. The van der Waals surface area contributed by atoms with Crippen LogP contribution < -0.4 is 5.32 Å². The summed E-state index contributed by atoms with van der Waals surface area (Å²) in [7, 11) is 0. The molecule has 4 rings (SSSR count). The summed E-state index contributed by atoms with van der Waals surface area (Å²) in [5.41, 5.74) is -1.23. The Kier molecular flexibility index (Phi) is 3.41. The Morgan fingerprint density at radius 3 is 2.88 bits per heavy atom. The second kappa shape index (κ2) is 5.30. The van der Waals surface area contributed by atoms with Gasteiger partial charge < -0.3 is 29.9 Å². The quantitative estimate of drug-likeness (QED) is 0.503. The fourth-order valence-corrected chi connectivity index (χ4v) is 3.38.